The van der Waals surface area contributed by atoms with Crippen molar-refractivity contribution >= 4 is 31.6 Å². The van der Waals surface area contributed by atoms with Gasteiger partial charge in [-0.05, 0) is 79.9 Å². The zero-order valence-electron chi connectivity index (χ0n) is 18.4. The highest BCUT2D eigenvalue weighted by Gasteiger charge is 2.18. The van der Waals surface area contributed by atoms with Crippen LogP contribution in [0.25, 0.3) is 0 Å². The summed E-state index contributed by atoms with van der Waals surface area (Å²) in [6.45, 7) is 5.48. The molecule has 0 spiro atoms. The lowest BCUT2D eigenvalue weighted by molar-refractivity contribution is 0.0939. The number of primary sulfonamides is 1. The Morgan fingerprint density at radius 1 is 0.848 bits per heavy atom. The highest BCUT2D eigenvalue weighted by Crippen LogP contribution is 2.22. The Balaban J connectivity index is 1.71. The standard InChI is InChI=1S/C23H25N3O5S2/c1-15-5-4-6-22(16(15)2)26-33(30,31)21-13-9-19(10-14-21)23(27)25-17(3)18-7-11-20(12-8-18)32(24,28)29/h4-14,17,26H,1-3H3,(H,25,27)(H2,24,28,29)/t17-/m1/s1. The number of hydrogen-bond acceptors (Lipinski definition) is 5. The molecule has 1 atom stereocenters. The number of carbonyl (C=O) groups is 1. The van der Waals surface area contributed by atoms with E-state index in [1.165, 1.54) is 36.4 Å². The van der Waals surface area contributed by atoms with Gasteiger partial charge >= 0.3 is 0 Å². The maximum absolute atomic E-state index is 12.7. The molecule has 1 amide bonds. The second-order valence-electron chi connectivity index (χ2n) is 7.69. The number of benzene rings is 3. The SMILES string of the molecule is Cc1cccc(NS(=O)(=O)c2ccc(C(=O)N[C@H](C)c3ccc(S(N)(=O)=O)cc3)cc2)c1C. The molecule has 0 saturated heterocycles. The summed E-state index contributed by atoms with van der Waals surface area (Å²) in [6, 6.07) is 16.4. The molecule has 0 radical (unpaired) electrons. The number of amides is 1. The van der Waals surface area contributed by atoms with Gasteiger partial charge in [0.15, 0.2) is 0 Å². The summed E-state index contributed by atoms with van der Waals surface area (Å²) in [7, 11) is -7.61. The molecule has 0 fully saturated rings. The first-order valence-electron chi connectivity index (χ1n) is 10.0. The van der Waals surface area contributed by atoms with Crippen molar-refractivity contribution in [3.63, 3.8) is 0 Å². The minimum absolute atomic E-state index is 0.0176. The molecule has 174 valence electrons. The van der Waals surface area contributed by atoms with E-state index in [4.69, 9.17) is 5.14 Å². The molecule has 0 aromatic heterocycles. The quantitative estimate of drug-likeness (QED) is 0.470. The number of hydrogen-bond donors (Lipinski definition) is 3. The molecular weight excluding hydrogens is 462 g/mol. The zero-order chi connectivity index (χ0) is 24.4. The number of nitrogens with one attached hydrogen (secondary N) is 2. The zero-order valence-corrected chi connectivity index (χ0v) is 20.0. The summed E-state index contributed by atoms with van der Waals surface area (Å²) in [5, 5.41) is 7.89. The van der Waals surface area contributed by atoms with Gasteiger partial charge in [0.05, 0.1) is 21.5 Å². The smallest absolute Gasteiger partial charge is 0.261 e. The number of anilines is 1. The molecule has 0 aliphatic heterocycles. The van der Waals surface area contributed by atoms with Gasteiger partial charge in [0.25, 0.3) is 15.9 Å². The molecule has 3 rings (SSSR count). The highest BCUT2D eigenvalue weighted by molar-refractivity contribution is 7.92. The Morgan fingerprint density at radius 3 is 2.00 bits per heavy atom. The normalized spacial score (nSPS) is 12.7. The van der Waals surface area contributed by atoms with Crippen LogP contribution in [0, 0.1) is 13.8 Å². The Morgan fingerprint density at radius 2 is 1.42 bits per heavy atom. The lowest BCUT2D eigenvalue weighted by atomic mass is 10.1. The molecule has 3 aromatic carbocycles. The topological polar surface area (TPSA) is 135 Å². The summed E-state index contributed by atoms with van der Waals surface area (Å²) in [5.74, 6) is -0.399. The molecule has 0 saturated carbocycles. The van der Waals surface area contributed by atoms with Crippen LogP contribution in [0.2, 0.25) is 0 Å². The van der Waals surface area contributed by atoms with E-state index in [9.17, 15) is 21.6 Å². The molecular formula is C23H25N3O5S2. The number of carbonyl (C=O) groups excluding carboxylic acids is 1. The second kappa shape index (κ2) is 9.34. The van der Waals surface area contributed by atoms with Crippen LogP contribution in [0.1, 0.15) is 40.0 Å². The van der Waals surface area contributed by atoms with E-state index in [1.54, 1.807) is 31.2 Å². The maximum atomic E-state index is 12.7. The predicted octanol–water partition coefficient (Wildman–Crippen LogP) is 3.24. The van der Waals surface area contributed by atoms with Gasteiger partial charge in [0, 0.05) is 5.56 Å². The molecule has 0 heterocycles. The van der Waals surface area contributed by atoms with E-state index < -0.39 is 32.0 Å². The summed E-state index contributed by atoms with van der Waals surface area (Å²) in [4.78, 5) is 12.6. The number of rotatable bonds is 7. The first-order chi connectivity index (χ1) is 15.4. The summed E-state index contributed by atoms with van der Waals surface area (Å²) >= 11 is 0. The van der Waals surface area contributed by atoms with Gasteiger partial charge < -0.3 is 5.32 Å². The molecule has 8 nitrogen and oxygen atoms in total. The average Bonchev–Trinajstić information content (AvgIpc) is 2.76. The monoisotopic (exact) mass is 487 g/mol. The third-order valence-electron chi connectivity index (χ3n) is 5.33. The fraction of sp³-hybridized carbons (Fsp3) is 0.174. The first-order valence-corrected chi connectivity index (χ1v) is 13.0. The molecule has 0 bridgehead atoms. The Hall–Kier alpha value is -3.21. The lowest BCUT2D eigenvalue weighted by Crippen LogP contribution is -2.26. The third-order valence-corrected chi connectivity index (χ3v) is 7.64. The summed E-state index contributed by atoms with van der Waals surface area (Å²) < 4.78 is 50.8. The van der Waals surface area contributed by atoms with Crippen LogP contribution in [-0.4, -0.2) is 22.7 Å². The van der Waals surface area contributed by atoms with Crippen LogP contribution < -0.4 is 15.2 Å². The molecule has 4 N–H and O–H groups in total. The largest absolute Gasteiger partial charge is 0.346 e. The molecule has 0 aliphatic carbocycles. The van der Waals surface area contributed by atoms with E-state index in [2.05, 4.69) is 10.0 Å². The van der Waals surface area contributed by atoms with Crippen molar-refractivity contribution in [1.29, 1.82) is 0 Å². The fourth-order valence-corrected chi connectivity index (χ4v) is 4.80. The van der Waals surface area contributed by atoms with Crippen molar-refractivity contribution in [2.24, 2.45) is 5.14 Å². The maximum Gasteiger partial charge on any atom is 0.261 e. The molecule has 33 heavy (non-hydrogen) atoms. The molecule has 0 aliphatic rings. The lowest BCUT2D eigenvalue weighted by Gasteiger charge is -2.15. The summed E-state index contributed by atoms with van der Waals surface area (Å²) in [5.41, 5.74) is 3.28. The third kappa shape index (κ3) is 5.78. The second-order valence-corrected chi connectivity index (χ2v) is 10.9. The molecule has 3 aromatic rings. The predicted molar refractivity (Wildman–Crippen MR) is 127 cm³/mol. The Labute approximate surface area is 193 Å². The number of sulfonamides is 2. The Kier molecular flexibility index (Phi) is 6.92. The minimum atomic E-state index is -3.82. The molecule has 10 heteroatoms. The van der Waals surface area contributed by atoms with Crippen molar-refractivity contribution in [1.82, 2.24) is 5.32 Å². The highest BCUT2D eigenvalue weighted by atomic mass is 32.2. The van der Waals surface area contributed by atoms with E-state index >= 15 is 0 Å². The van der Waals surface area contributed by atoms with Crippen LogP contribution in [0.5, 0.6) is 0 Å². The van der Waals surface area contributed by atoms with Crippen molar-refractivity contribution < 1.29 is 21.6 Å². The van der Waals surface area contributed by atoms with Crippen LogP contribution in [0.4, 0.5) is 5.69 Å². The van der Waals surface area contributed by atoms with E-state index in [-0.39, 0.29) is 15.4 Å². The number of aryl methyl sites for hydroxylation is 1. The van der Waals surface area contributed by atoms with Gasteiger partial charge in [-0.1, -0.05) is 24.3 Å². The van der Waals surface area contributed by atoms with E-state index in [0.717, 1.165) is 11.1 Å². The van der Waals surface area contributed by atoms with Gasteiger partial charge in [-0.2, -0.15) is 0 Å². The van der Waals surface area contributed by atoms with Crippen LogP contribution in [0.3, 0.4) is 0 Å². The van der Waals surface area contributed by atoms with Crippen molar-refractivity contribution in [3.8, 4) is 0 Å². The van der Waals surface area contributed by atoms with Crippen molar-refractivity contribution in [3.05, 3.63) is 89.0 Å². The van der Waals surface area contributed by atoms with Gasteiger partial charge in [0.1, 0.15) is 0 Å². The minimum Gasteiger partial charge on any atom is -0.346 e. The van der Waals surface area contributed by atoms with Gasteiger partial charge in [-0.25, -0.2) is 22.0 Å². The van der Waals surface area contributed by atoms with Gasteiger partial charge in [-0.3, -0.25) is 9.52 Å². The van der Waals surface area contributed by atoms with Gasteiger partial charge in [-0.15, -0.1) is 0 Å². The average molecular weight is 488 g/mol. The van der Waals surface area contributed by atoms with Gasteiger partial charge in [0.2, 0.25) is 10.0 Å². The van der Waals surface area contributed by atoms with E-state index in [1.807, 2.05) is 19.9 Å². The Bertz CT molecular complexity index is 1380. The first kappa shape index (κ1) is 24.4. The summed E-state index contributed by atoms with van der Waals surface area (Å²) in [6.07, 6.45) is 0. The number of nitrogens with two attached hydrogens (primary N) is 1. The molecule has 0 unspecified atom stereocenters. The van der Waals surface area contributed by atoms with Crippen molar-refractivity contribution in [2.75, 3.05) is 4.72 Å². The van der Waals surface area contributed by atoms with Crippen molar-refractivity contribution in [2.45, 2.75) is 36.6 Å². The fourth-order valence-electron chi connectivity index (χ4n) is 3.16. The van der Waals surface area contributed by atoms with Crippen LogP contribution >= 0.6 is 0 Å². The van der Waals surface area contributed by atoms with E-state index in [0.29, 0.717) is 11.3 Å². The van der Waals surface area contributed by atoms with Crippen LogP contribution in [-0.2, 0) is 20.0 Å². The van der Waals surface area contributed by atoms with Crippen LogP contribution in [0.15, 0.2) is 76.5 Å².